The van der Waals surface area contributed by atoms with Crippen LogP contribution in [0.3, 0.4) is 0 Å². The van der Waals surface area contributed by atoms with E-state index in [0.717, 1.165) is 11.1 Å². The molecule has 0 aliphatic carbocycles. The Hall–Kier alpha value is -1.49. The standard InChI is InChI=1S/C16H16Cl2FNO2/c1-21-14-6-4-11(15(18)16(14)22-2)9-20-8-10-3-5-13(19)12(17)7-10/h3-7,20H,8-9H2,1-2H3. The van der Waals surface area contributed by atoms with Crippen molar-refractivity contribution in [2.75, 3.05) is 14.2 Å². The number of hydrogen-bond acceptors (Lipinski definition) is 3. The number of hydrogen-bond donors (Lipinski definition) is 1. The lowest BCUT2D eigenvalue weighted by molar-refractivity contribution is 0.354. The fourth-order valence-electron chi connectivity index (χ4n) is 2.06. The Kier molecular flexibility index (Phi) is 5.89. The van der Waals surface area contributed by atoms with E-state index in [4.69, 9.17) is 32.7 Å². The molecule has 0 spiro atoms. The highest BCUT2D eigenvalue weighted by Gasteiger charge is 2.12. The lowest BCUT2D eigenvalue weighted by Gasteiger charge is -2.13. The molecule has 0 atom stereocenters. The zero-order chi connectivity index (χ0) is 16.1. The molecule has 0 aliphatic heterocycles. The van der Waals surface area contributed by atoms with Crippen LogP contribution in [0.5, 0.6) is 11.5 Å². The zero-order valence-electron chi connectivity index (χ0n) is 12.3. The van der Waals surface area contributed by atoms with Gasteiger partial charge >= 0.3 is 0 Å². The van der Waals surface area contributed by atoms with Gasteiger partial charge in [-0.05, 0) is 29.3 Å². The molecule has 0 bridgehead atoms. The Bertz CT molecular complexity index is 665. The van der Waals surface area contributed by atoms with Crippen molar-refractivity contribution in [2.45, 2.75) is 13.1 Å². The number of rotatable bonds is 6. The van der Waals surface area contributed by atoms with E-state index in [1.807, 2.05) is 6.07 Å². The molecule has 2 aromatic carbocycles. The van der Waals surface area contributed by atoms with E-state index in [2.05, 4.69) is 5.32 Å². The van der Waals surface area contributed by atoms with Crippen molar-refractivity contribution in [3.63, 3.8) is 0 Å². The van der Waals surface area contributed by atoms with Gasteiger partial charge in [0.1, 0.15) is 5.82 Å². The first kappa shape index (κ1) is 16.9. The van der Waals surface area contributed by atoms with E-state index in [1.165, 1.54) is 6.07 Å². The first-order chi connectivity index (χ1) is 10.6. The van der Waals surface area contributed by atoms with E-state index in [9.17, 15) is 4.39 Å². The molecule has 22 heavy (non-hydrogen) atoms. The first-order valence-corrected chi connectivity index (χ1v) is 7.36. The van der Waals surface area contributed by atoms with Gasteiger partial charge in [0.15, 0.2) is 11.5 Å². The predicted molar refractivity (Wildman–Crippen MR) is 86.5 cm³/mol. The second-order valence-electron chi connectivity index (χ2n) is 4.63. The molecule has 2 aromatic rings. The summed E-state index contributed by atoms with van der Waals surface area (Å²) in [6, 6.07) is 8.30. The van der Waals surface area contributed by atoms with Crippen molar-refractivity contribution in [3.05, 3.63) is 57.3 Å². The molecule has 2 rings (SSSR count). The fraction of sp³-hybridized carbons (Fsp3) is 0.250. The molecule has 118 valence electrons. The maximum Gasteiger partial charge on any atom is 0.179 e. The molecule has 0 heterocycles. The van der Waals surface area contributed by atoms with Crippen LogP contribution >= 0.6 is 23.2 Å². The highest BCUT2D eigenvalue weighted by atomic mass is 35.5. The second-order valence-corrected chi connectivity index (χ2v) is 5.41. The molecule has 0 radical (unpaired) electrons. The molecule has 0 amide bonds. The van der Waals surface area contributed by atoms with Crippen LogP contribution in [0.25, 0.3) is 0 Å². The number of halogens is 3. The molecular weight excluding hydrogens is 328 g/mol. The van der Waals surface area contributed by atoms with Crippen molar-refractivity contribution in [1.82, 2.24) is 5.32 Å². The molecular formula is C16H16Cl2FNO2. The third kappa shape index (κ3) is 3.83. The van der Waals surface area contributed by atoms with Gasteiger partial charge in [-0.25, -0.2) is 4.39 Å². The van der Waals surface area contributed by atoms with Gasteiger partial charge in [-0.1, -0.05) is 35.3 Å². The quantitative estimate of drug-likeness (QED) is 0.840. The molecule has 0 fully saturated rings. The largest absolute Gasteiger partial charge is 0.493 e. The predicted octanol–water partition coefficient (Wildman–Crippen LogP) is 4.44. The summed E-state index contributed by atoms with van der Waals surface area (Å²) >= 11 is 12.1. The van der Waals surface area contributed by atoms with Gasteiger partial charge in [-0.3, -0.25) is 0 Å². The maximum atomic E-state index is 13.1. The Morgan fingerprint density at radius 3 is 2.45 bits per heavy atom. The van der Waals surface area contributed by atoms with Crippen LogP contribution in [0.4, 0.5) is 4.39 Å². The van der Waals surface area contributed by atoms with E-state index < -0.39 is 5.82 Å². The number of methoxy groups -OCH3 is 2. The van der Waals surface area contributed by atoms with E-state index in [1.54, 1.807) is 32.4 Å². The van der Waals surface area contributed by atoms with Gasteiger partial charge in [0.25, 0.3) is 0 Å². The van der Waals surface area contributed by atoms with Crippen molar-refractivity contribution in [1.29, 1.82) is 0 Å². The molecule has 0 aliphatic rings. The minimum Gasteiger partial charge on any atom is -0.493 e. The first-order valence-electron chi connectivity index (χ1n) is 6.60. The van der Waals surface area contributed by atoms with Gasteiger partial charge in [0, 0.05) is 13.1 Å². The van der Waals surface area contributed by atoms with Crippen LogP contribution in [-0.2, 0) is 13.1 Å². The van der Waals surface area contributed by atoms with Gasteiger partial charge in [-0.15, -0.1) is 0 Å². The monoisotopic (exact) mass is 343 g/mol. The summed E-state index contributed by atoms with van der Waals surface area (Å²) in [5.74, 6) is 0.670. The average Bonchev–Trinajstić information content (AvgIpc) is 2.52. The summed E-state index contributed by atoms with van der Waals surface area (Å²) in [5.41, 5.74) is 1.77. The topological polar surface area (TPSA) is 30.5 Å². The van der Waals surface area contributed by atoms with Crippen molar-refractivity contribution in [3.8, 4) is 11.5 Å². The lowest BCUT2D eigenvalue weighted by Crippen LogP contribution is -2.13. The molecule has 1 N–H and O–H groups in total. The normalized spacial score (nSPS) is 10.6. The summed E-state index contributed by atoms with van der Waals surface area (Å²) in [6.45, 7) is 1.08. The van der Waals surface area contributed by atoms with Gasteiger partial charge < -0.3 is 14.8 Å². The van der Waals surface area contributed by atoms with Gasteiger partial charge in [-0.2, -0.15) is 0 Å². The van der Waals surface area contributed by atoms with Crippen molar-refractivity contribution < 1.29 is 13.9 Å². The van der Waals surface area contributed by atoms with Gasteiger partial charge in [0.2, 0.25) is 0 Å². The third-order valence-corrected chi connectivity index (χ3v) is 3.90. The molecule has 0 saturated heterocycles. The molecule has 0 saturated carbocycles. The average molecular weight is 344 g/mol. The van der Waals surface area contributed by atoms with Gasteiger partial charge in [0.05, 0.1) is 24.3 Å². The summed E-state index contributed by atoms with van der Waals surface area (Å²) in [6.07, 6.45) is 0. The van der Waals surface area contributed by atoms with Crippen LogP contribution in [0, 0.1) is 5.82 Å². The highest BCUT2D eigenvalue weighted by molar-refractivity contribution is 6.33. The summed E-state index contributed by atoms with van der Waals surface area (Å²) in [5, 5.41) is 3.85. The Balaban J connectivity index is 2.04. The fourth-order valence-corrected chi connectivity index (χ4v) is 2.56. The summed E-state index contributed by atoms with van der Waals surface area (Å²) < 4.78 is 23.5. The van der Waals surface area contributed by atoms with Crippen molar-refractivity contribution >= 4 is 23.2 Å². The SMILES string of the molecule is COc1ccc(CNCc2ccc(F)c(Cl)c2)c(Cl)c1OC. The van der Waals surface area contributed by atoms with E-state index >= 15 is 0 Å². The molecule has 0 aromatic heterocycles. The lowest BCUT2D eigenvalue weighted by atomic mass is 10.1. The number of benzene rings is 2. The third-order valence-electron chi connectivity index (χ3n) is 3.19. The number of ether oxygens (including phenoxy) is 2. The van der Waals surface area contributed by atoms with Crippen LogP contribution in [0.2, 0.25) is 10.0 Å². The van der Waals surface area contributed by atoms with Crippen LogP contribution in [0.1, 0.15) is 11.1 Å². The molecule has 6 heteroatoms. The Morgan fingerprint density at radius 1 is 1.05 bits per heavy atom. The minimum atomic E-state index is -0.423. The second kappa shape index (κ2) is 7.68. The summed E-state index contributed by atoms with van der Waals surface area (Å²) in [4.78, 5) is 0. The van der Waals surface area contributed by atoms with E-state index in [0.29, 0.717) is 29.6 Å². The van der Waals surface area contributed by atoms with Crippen molar-refractivity contribution in [2.24, 2.45) is 0 Å². The maximum absolute atomic E-state index is 13.1. The smallest absolute Gasteiger partial charge is 0.179 e. The number of nitrogens with one attached hydrogen (secondary N) is 1. The van der Waals surface area contributed by atoms with Crippen LogP contribution in [-0.4, -0.2) is 14.2 Å². The summed E-state index contributed by atoms with van der Waals surface area (Å²) in [7, 11) is 3.10. The highest BCUT2D eigenvalue weighted by Crippen LogP contribution is 2.37. The van der Waals surface area contributed by atoms with Crippen LogP contribution in [0.15, 0.2) is 30.3 Å². The zero-order valence-corrected chi connectivity index (χ0v) is 13.8. The molecule has 3 nitrogen and oxygen atoms in total. The Morgan fingerprint density at radius 2 is 1.82 bits per heavy atom. The molecule has 0 unspecified atom stereocenters. The minimum absolute atomic E-state index is 0.114. The van der Waals surface area contributed by atoms with Crippen LogP contribution < -0.4 is 14.8 Å². The van der Waals surface area contributed by atoms with E-state index in [-0.39, 0.29) is 5.02 Å². The Labute approximate surface area is 138 Å².